The lowest BCUT2D eigenvalue weighted by molar-refractivity contribution is -0.117. The van der Waals surface area contributed by atoms with Crippen LogP contribution in [0.2, 0.25) is 0 Å². The number of carbonyl (C=O) groups is 1. The third-order valence-electron chi connectivity index (χ3n) is 6.49. The molecule has 1 fully saturated rings. The fraction of sp³-hybridized carbons (Fsp3) is 0.542. The molecule has 1 atom stereocenters. The molecule has 162 valence electrons. The van der Waals surface area contributed by atoms with Crippen LogP contribution in [0.1, 0.15) is 67.3 Å². The van der Waals surface area contributed by atoms with E-state index in [1.54, 1.807) is 13.8 Å². The lowest BCUT2D eigenvalue weighted by Gasteiger charge is -2.27. The van der Waals surface area contributed by atoms with Crippen LogP contribution in [0.4, 0.5) is 0 Å². The molecule has 1 unspecified atom stereocenters. The number of nitrogens with zero attached hydrogens (tertiary/aromatic N) is 1. The number of amides is 1. The van der Waals surface area contributed by atoms with Gasteiger partial charge in [0.15, 0.2) is 5.09 Å². The van der Waals surface area contributed by atoms with Crippen molar-refractivity contribution in [2.75, 3.05) is 6.26 Å². The fourth-order valence-corrected chi connectivity index (χ4v) is 5.58. The lowest BCUT2D eigenvalue weighted by atomic mass is 9.79. The van der Waals surface area contributed by atoms with Gasteiger partial charge in [0.25, 0.3) is 5.91 Å². The third-order valence-corrected chi connectivity index (χ3v) is 8.00. The summed E-state index contributed by atoms with van der Waals surface area (Å²) >= 11 is 0. The Bertz CT molecular complexity index is 1080. The quantitative estimate of drug-likeness (QED) is 0.730. The highest BCUT2D eigenvalue weighted by atomic mass is 32.2. The van der Waals surface area contributed by atoms with Crippen LogP contribution in [-0.4, -0.2) is 21.5 Å². The van der Waals surface area contributed by atoms with Gasteiger partial charge in [0, 0.05) is 17.9 Å². The van der Waals surface area contributed by atoms with Gasteiger partial charge < -0.3 is 9.52 Å². The summed E-state index contributed by atoms with van der Waals surface area (Å²) < 4.78 is 22.6. The molecular formula is C24H31NO4S. The summed E-state index contributed by atoms with van der Waals surface area (Å²) in [5, 5.41) is 10.2. The Morgan fingerprint density at radius 2 is 2.03 bits per heavy atom. The number of aliphatic hydroxyl groups is 1. The number of furan rings is 1. The van der Waals surface area contributed by atoms with Crippen LogP contribution in [-0.2, 0) is 45.8 Å². The van der Waals surface area contributed by atoms with Crippen LogP contribution in [0.3, 0.4) is 0 Å². The van der Waals surface area contributed by atoms with Crippen LogP contribution in [0.15, 0.2) is 38.3 Å². The molecule has 2 aliphatic rings. The van der Waals surface area contributed by atoms with Gasteiger partial charge in [0.2, 0.25) is 0 Å². The minimum atomic E-state index is -3.01. The topological polar surface area (TPSA) is 79.9 Å². The summed E-state index contributed by atoms with van der Waals surface area (Å²) in [6.07, 6.45) is 11.0. The Hall–Kier alpha value is -1.92. The lowest BCUT2D eigenvalue weighted by Crippen LogP contribution is -2.16. The Balaban J connectivity index is 1.61. The van der Waals surface area contributed by atoms with E-state index in [1.807, 2.05) is 0 Å². The first-order valence-corrected chi connectivity index (χ1v) is 12.7. The Morgan fingerprint density at radius 3 is 2.67 bits per heavy atom. The summed E-state index contributed by atoms with van der Waals surface area (Å²) in [4.78, 5) is 12.9. The highest BCUT2D eigenvalue weighted by molar-refractivity contribution is 7.93. The van der Waals surface area contributed by atoms with Crippen LogP contribution < -0.4 is 0 Å². The second kappa shape index (κ2) is 7.97. The Kier molecular flexibility index (Phi) is 5.66. The van der Waals surface area contributed by atoms with Gasteiger partial charge >= 0.3 is 0 Å². The van der Waals surface area contributed by atoms with Crippen molar-refractivity contribution in [1.82, 2.24) is 0 Å². The largest absolute Gasteiger partial charge is 0.454 e. The zero-order valence-corrected chi connectivity index (χ0v) is 18.9. The number of fused-ring (bicyclic) bond motifs is 1. The number of hydrogen-bond acceptors (Lipinski definition) is 4. The molecule has 0 spiro atoms. The second-order valence-electron chi connectivity index (χ2n) is 9.37. The predicted molar refractivity (Wildman–Crippen MR) is 117 cm³/mol. The molecule has 1 N–H and O–H groups in total. The number of aryl methyl sites for hydroxylation is 1. The van der Waals surface area contributed by atoms with E-state index in [2.05, 4.69) is 16.5 Å². The summed E-state index contributed by atoms with van der Waals surface area (Å²) in [7, 11) is -3.01. The van der Waals surface area contributed by atoms with E-state index in [0.717, 1.165) is 31.2 Å². The number of hydrogen-bond donors (Lipinski definition) is 1. The molecule has 30 heavy (non-hydrogen) atoms. The summed E-state index contributed by atoms with van der Waals surface area (Å²) in [5.74, 6) is 0.341. The maximum atomic E-state index is 13.1. The normalized spacial score (nSPS) is 18.5. The van der Waals surface area contributed by atoms with Crippen molar-refractivity contribution in [1.29, 1.82) is 0 Å². The standard InChI is InChI=1S/C24H31NO4S/c1-24(2,27)19-13-23(29-15-19)30(3,28)25-22(26)14-21-18(12-16-6-4-7-16)11-10-17-8-5-9-20(17)21/h10-11,13,15-16,27H,4-9,12,14H2,1-3H3. The van der Waals surface area contributed by atoms with E-state index in [1.165, 1.54) is 54.5 Å². The van der Waals surface area contributed by atoms with E-state index in [-0.39, 0.29) is 17.4 Å². The number of benzene rings is 1. The maximum absolute atomic E-state index is 13.1. The SMILES string of the molecule is CC(C)(O)c1coc(S(C)(=O)=NC(=O)Cc2c(CC3CCC3)ccc3c2CCC3)c1. The molecule has 2 aliphatic carbocycles. The van der Waals surface area contributed by atoms with E-state index in [9.17, 15) is 14.1 Å². The zero-order chi connectivity index (χ0) is 21.5. The molecule has 4 rings (SSSR count). The first-order chi connectivity index (χ1) is 14.1. The summed E-state index contributed by atoms with van der Waals surface area (Å²) in [6.45, 7) is 3.25. The number of carbonyl (C=O) groups excluding carboxylic acids is 1. The maximum Gasteiger partial charge on any atom is 0.258 e. The average Bonchev–Trinajstić information content (AvgIpc) is 3.28. The van der Waals surface area contributed by atoms with Crippen LogP contribution in [0, 0.1) is 5.92 Å². The molecule has 0 saturated heterocycles. The van der Waals surface area contributed by atoms with Gasteiger partial charge in [-0.3, -0.25) is 4.79 Å². The molecular weight excluding hydrogens is 398 g/mol. The van der Waals surface area contributed by atoms with Crippen LogP contribution >= 0.6 is 0 Å². The zero-order valence-electron chi connectivity index (χ0n) is 18.1. The minimum Gasteiger partial charge on any atom is -0.454 e. The molecule has 2 aromatic rings. The molecule has 1 heterocycles. The highest BCUT2D eigenvalue weighted by Crippen LogP contribution is 2.35. The van der Waals surface area contributed by atoms with E-state index in [0.29, 0.717) is 11.5 Å². The van der Waals surface area contributed by atoms with Gasteiger partial charge in [-0.15, -0.1) is 0 Å². The number of rotatable bonds is 6. The summed E-state index contributed by atoms with van der Waals surface area (Å²) in [5.41, 5.74) is 4.42. The van der Waals surface area contributed by atoms with Crippen LogP contribution in [0.5, 0.6) is 0 Å². The monoisotopic (exact) mass is 429 g/mol. The Morgan fingerprint density at radius 1 is 1.27 bits per heavy atom. The fourth-order valence-electron chi connectivity index (χ4n) is 4.47. The molecule has 6 heteroatoms. The van der Waals surface area contributed by atoms with Crippen molar-refractivity contribution in [3.8, 4) is 0 Å². The third kappa shape index (κ3) is 4.40. The van der Waals surface area contributed by atoms with Gasteiger partial charge in [0.1, 0.15) is 9.73 Å². The van der Waals surface area contributed by atoms with Crippen molar-refractivity contribution in [2.45, 2.75) is 75.9 Å². The van der Waals surface area contributed by atoms with Crippen LogP contribution in [0.25, 0.3) is 0 Å². The molecule has 1 aromatic heterocycles. The minimum absolute atomic E-state index is 0.126. The van der Waals surface area contributed by atoms with Crippen molar-refractivity contribution in [3.05, 3.63) is 52.3 Å². The molecule has 1 saturated carbocycles. The molecule has 1 amide bonds. The van der Waals surface area contributed by atoms with E-state index >= 15 is 0 Å². The first kappa shape index (κ1) is 21.3. The van der Waals surface area contributed by atoms with Gasteiger partial charge in [-0.1, -0.05) is 31.4 Å². The van der Waals surface area contributed by atoms with Crippen molar-refractivity contribution >= 4 is 15.6 Å². The van der Waals surface area contributed by atoms with Gasteiger partial charge in [-0.2, -0.15) is 4.36 Å². The van der Waals surface area contributed by atoms with E-state index < -0.39 is 15.3 Å². The predicted octanol–water partition coefficient (Wildman–Crippen LogP) is 4.56. The van der Waals surface area contributed by atoms with Gasteiger partial charge in [-0.05, 0) is 67.7 Å². The first-order valence-electron chi connectivity index (χ1n) is 10.8. The molecule has 0 bridgehead atoms. The molecule has 5 nitrogen and oxygen atoms in total. The molecule has 1 aromatic carbocycles. The second-order valence-corrected chi connectivity index (χ2v) is 11.6. The molecule has 0 radical (unpaired) electrons. The average molecular weight is 430 g/mol. The van der Waals surface area contributed by atoms with Gasteiger partial charge in [0.05, 0.1) is 18.3 Å². The van der Waals surface area contributed by atoms with Crippen molar-refractivity contribution in [3.63, 3.8) is 0 Å². The van der Waals surface area contributed by atoms with E-state index in [4.69, 9.17) is 4.42 Å². The van der Waals surface area contributed by atoms with Crippen molar-refractivity contribution in [2.24, 2.45) is 10.3 Å². The molecule has 0 aliphatic heterocycles. The van der Waals surface area contributed by atoms with Crippen molar-refractivity contribution < 1.29 is 18.5 Å². The smallest absolute Gasteiger partial charge is 0.258 e. The van der Waals surface area contributed by atoms with Gasteiger partial charge in [-0.25, -0.2) is 4.21 Å². The Labute approximate surface area is 179 Å². The highest BCUT2D eigenvalue weighted by Gasteiger charge is 2.25. The summed E-state index contributed by atoms with van der Waals surface area (Å²) in [6, 6.07) is 5.95.